The van der Waals surface area contributed by atoms with Crippen LogP contribution in [0, 0.1) is 6.92 Å². The summed E-state index contributed by atoms with van der Waals surface area (Å²) in [5.74, 6) is -1.63. The molecule has 2 aromatic rings. The fourth-order valence-corrected chi connectivity index (χ4v) is 3.64. The second kappa shape index (κ2) is 10.1. The van der Waals surface area contributed by atoms with Gasteiger partial charge in [0.1, 0.15) is 12.1 Å². The zero-order chi connectivity index (χ0) is 19.8. The first-order valence-electron chi connectivity index (χ1n) is 8.45. The first-order chi connectivity index (χ1) is 12.9. The lowest BCUT2D eigenvalue weighted by Crippen LogP contribution is -2.52. The predicted octanol–water partition coefficient (Wildman–Crippen LogP) is 2.29. The lowest BCUT2D eigenvalue weighted by molar-refractivity contribution is -0.142. The van der Waals surface area contributed by atoms with Gasteiger partial charge in [-0.1, -0.05) is 30.3 Å². The van der Waals surface area contributed by atoms with Gasteiger partial charge in [-0.25, -0.2) is 4.79 Å². The molecule has 0 saturated heterocycles. The largest absolute Gasteiger partial charge is 0.480 e. The van der Waals surface area contributed by atoms with Crippen LogP contribution in [-0.4, -0.2) is 40.7 Å². The SMILES string of the molecule is Cc1ccsc1C(=O)NC(CCS)C(=O)N[C@H](Cc1ccccc1)C(=O)O. The van der Waals surface area contributed by atoms with Crippen molar-refractivity contribution in [3.05, 3.63) is 57.8 Å². The molecule has 0 bridgehead atoms. The van der Waals surface area contributed by atoms with Crippen LogP contribution in [0.1, 0.15) is 27.2 Å². The third-order valence-electron chi connectivity index (χ3n) is 4.01. The van der Waals surface area contributed by atoms with Gasteiger partial charge >= 0.3 is 5.97 Å². The molecule has 1 aromatic heterocycles. The molecule has 144 valence electrons. The monoisotopic (exact) mass is 406 g/mol. The number of aryl methyl sites for hydroxylation is 1. The van der Waals surface area contributed by atoms with E-state index in [2.05, 4.69) is 23.3 Å². The molecule has 2 amide bonds. The maximum Gasteiger partial charge on any atom is 0.326 e. The maximum absolute atomic E-state index is 12.6. The van der Waals surface area contributed by atoms with Crippen molar-refractivity contribution >= 4 is 41.7 Å². The van der Waals surface area contributed by atoms with Gasteiger partial charge in [0.05, 0.1) is 4.88 Å². The Morgan fingerprint density at radius 3 is 2.37 bits per heavy atom. The molecular formula is C19H22N2O4S2. The van der Waals surface area contributed by atoms with Crippen LogP contribution >= 0.6 is 24.0 Å². The van der Waals surface area contributed by atoms with Gasteiger partial charge in [-0.2, -0.15) is 12.6 Å². The average molecular weight is 407 g/mol. The van der Waals surface area contributed by atoms with Crippen molar-refractivity contribution in [2.45, 2.75) is 31.8 Å². The van der Waals surface area contributed by atoms with Crippen LogP contribution in [0.15, 0.2) is 41.8 Å². The van der Waals surface area contributed by atoms with Gasteiger partial charge in [0.2, 0.25) is 5.91 Å². The minimum absolute atomic E-state index is 0.160. The summed E-state index contributed by atoms with van der Waals surface area (Å²) in [6.45, 7) is 1.82. The van der Waals surface area contributed by atoms with Gasteiger partial charge in [0.15, 0.2) is 0 Å². The molecule has 1 aromatic carbocycles. The van der Waals surface area contributed by atoms with E-state index >= 15 is 0 Å². The third-order valence-corrected chi connectivity index (χ3v) is 5.28. The second-order valence-electron chi connectivity index (χ2n) is 6.06. The van der Waals surface area contributed by atoms with Gasteiger partial charge in [-0.3, -0.25) is 9.59 Å². The van der Waals surface area contributed by atoms with Crippen LogP contribution in [0.2, 0.25) is 0 Å². The summed E-state index contributed by atoms with van der Waals surface area (Å²) in [5.41, 5.74) is 1.63. The lowest BCUT2D eigenvalue weighted by atomic mass is 10.1. The molecule has 1 unspecified atom stereocenters. The first-order valence-corrected chi connectivity index (χ1v) is 9.96. The predicted molar refractivity (Wildman–Crippen MR) is 108 cm³/mol. The van der Waals surface area contributed by atoms with Crippen LogP contribution in [0.5, 0.6) is 0 Å². The van der Waals surface area contributed by atoms with Crippen molar-refractivity contribution in [2.24, 2.45) is 0 Å². The smallest absolute Gasteiger partial charge is 0.326 e. The minimum Gasteiger partial charge on any atom is -0.480 e. The summed E-state index contributed by atoms with van der Waals surface area (Å²) < 4.78 is 0. The molecule has 0 spiro atoms. The number of hydrogen-bond donors (Lipinski definition) is 4. The van der Waals surface area contributed by atoms with Gasteiger partial charge in [-0.15, -0.1) is 11.3 Å². The zero-order valence-electron chi connectivity index (χ0n) is 14.8. The number of aliphatic carboxylic acids is 1. The Kier molecular flexibility index (Phi) is 7.87. The van der Waals surface area contributed by atoms with E-state index in [-0.39, 0.29) is 12.3 Å². The van der Waals surface area contributed by atoms with E-state index in [1.165, 1.54) is 11.3 Å². The number of hydrogen-bond acceptors (Lipinski definition) is 5. The van der Waals surface area contributed by atoms with Gasteiger partial charge in [0, 0.05) is 6.42 Å². The summed E-state index contributed by atoms with van der Waals surface area (Å²) in [6, 6.07) is 8.95. The Labute approximate surface area is 167 Å². The molecule has 27 heavy (non-hydrogen) atoms. The van der Waals surface area contributed by atoms with Crippen LogP contribution in [0.25, 0.3) is 0 Å². The van der Waals surface area contributed by atoms with Crippen molar-refractivity contribution in [3.63, 3.8) is 0 Å². The summed E-state index contributed by atoms with van der Waals surface area (Å²) >= 11 is 5.43. The molecule has 2 rings (SSSR count). The fraction of sp³-hybridized carbons (Fsp3) is 0.316. The van der Waals surface area contributed by atoms with Crippen molar-refractivity contribution in [3.8, 4) is 0 Å². The normalized spacial score (nSPS) is 12.8. The Balaban J connectivity index is 2.06. The van der Waals surface area contributed by atoms with E-state index in [0.717, 1.165) is 11.1 Å². The van der Waals surface area contributed by atoms with Gasteiger partial charge in [-0.05, 0) is 41.7 Å². The number of carbonyl (C=O) groups is 3. The quantitative estimate of drug-likeness (QED) is 0.481. The summed E-state index contributed by atoms with van der Waals surface area (Å²) in [7, 11) is 0. The number of carboxylic acids is 1. The Morgan fingerprint density at radius 2 is 1.81 bits per heavy atom. The van der Waals surface area contributed by atoms with Crippen molar-refractivity contribution in [2.75, 3.05) is 5.75 Å². The van der Waals surface area contributed by atoms with Crippen LogP contribution in [-0.2, 0) is 16.0 Å². The van der Waals surface area contributed by atoms with Crippen molar-refractivity contribution in [1.82, 2.24) is 10.6 Å². The lowest BCUT2D eigenvalue weighted by Gasteiger charge is -2.21. The topological polar surface area (TPSA) is 95.5 Å². The number of carbonyl (C=O) groups excluding carboxylic acids is 2. The number of amides is 2. The Hall–Kier alpha value is -2.32. The molecule has 3 N–H and O–H groups in total. The van der Waals surface area contributed by atoms with Gasteiger partial charge in [0.25, 0.3) is 5.91 Å². The van der Waals surface area contributed by atoms with Crippen LogP contribution < -0.4 is 10.6 Å². The second-order valence-corrected chi connectivity index (χ2v) is 7.42. The highest BCUT2D eigenvalue weighted by atomic mass is 32.1. The van der Waals surface area contributed by atoms with Crippen molar-refractivity contribution < 1.29 is 19.5 Å². The molecule has 0 aliphatic carbocycles. The van der Waals surface area contributed by atoms with Crippen LogP contribution in [0.3, 0.4) is 0 Å². The first kappa shape index (κ1) is 21.0. The average Bonchev–Trinajstić information content (AvgIpc) is 3.07. The van der Waals surface area contributed by atoms with E-state index in [1.807, 2.05) is 31.2 Å². The minimum atomic E-state index is -1.13. The highest BCUT2D eigenvalue weighted by Gasteiger charge is 2.27. The highest BCUT2D eigenvalue weighted by Crippen LogP contribution is 2.15. The number of rotatable bonds is 9. The maximum atomic E-state index is 12.6. The molecule has 0 radical (unpaired) electrons. The highest BCUT2D eigenvalue weighted by molar-refractivity contribution is 7.80. The zero-order valence-corrected chi connectivity index (χ0v) is 16.6. The Morgan fingerprint density at radius 1 is 1.11 bits per heavy atom. The number of carboxylic acid groups (broad SMARTS) is 1. The number of benzene rings is 1. The number of thiol groups is 1. The molecule has 2 atom stereocenters. The van der Waals surface area contributed by atoms with E-state index in [4.69, 9.17) is 0 Å². The van der Waals surface area contributed by atoms with Crippen molar-refractivity contribution in [1.29, 1.82) is 0 Å². The molecule has 8 heteroatoms. The third kappa shape index (κ3) is 6.11. The van der Waals surface area contributed by atoms with E-state index in [1.54, 1.807) is 17.5 Å². The summed E-state index contributed by atoms with van der Waals surface area (Å²) in [6.07, 6.45) is 0.455. The molecular weight excluding hydrogens is 384 g/mol. The Bertz CT molecular complexity index is 792. The molecule has 0 saturated carbocycles. The standard InChI is InChI=1S/C19H22N2O4S2/c1-12-8-10-27-16(12)18(23)20-14(7-9-26)17(22)21-15(19(24)25)11-13-5-3-2-4-6-13/h2-6,8,10,14-15,26H,7,9,11H2,1H3,(H,20,23)(H,21,22)(H,24,25)/t14?,15-/m1/s1. The number of thiophene rings is 1. The molecule has 0 aliphatic heterocycles. The fourth-order valence-electron chi connectivity index (χ4n) is 2.55. The summed E-state index contributed by atoms with van der Waals surface area (Å²) in [4.78, 5) is 37.1. The molecule has 6 nitrogen and oxygen atoms in total. The van der Waals surface area contributed by atoms with Crippen LogP contribution in [0.4, 0.5) is 0 Å². The van der Waals surface area contributed by atoms with E-state index in [9.17, 15) is 19.5 Å². The number of nitrogens with one attached hydrogen (secondary N) is 2. The summed E-state index contributed by atoms with van der Waals surface area (Å²) in [5, 5.41) is 16.5. The molecule has 1 heterocycles. The van der Waals surface area contributed by atoms with Gasteiger partial charge < -0.3 is 15.7 Å². The van der Waals surface area contributed by atoms with E-state index in [0.29, 0.717) is 17.1 Å². The molecule has 0 fully saturated rings. The van der Waals surface area contributed by atoms with E-state index < -0.39 is 24.0 Å². The molecule has 0 aliphatic rings.